The maximum absolute atomic E-state index is 12.4. The van der Waals surface area contributed by atoms with Gasteiger partial charge in [-0.3, -0.25) is 4.79 Å². The number of hydrogen-bond acceptors (Lipinski definition) is 2. The minimum atomic E-state index is 0.0682. The van der Waals surface area contributed by atoms with Crippen LogP contribution in [0, 0.1) is 5.92 Å². The lowest BCUT2D eigenvalue weighted by molar-refractivity contribution is -0.135. The number of carbonyl (C=O) groups excluding carboxylic acids is 1. The van der Waals surface area contributed by atoms with E-state index in [1.165, 1.54) is 11.1 Å². The van der Waals surface area contributed by atoms with Crippen LogP contribution in [0.5, 0.6) is 0 Å². The normalized spacial score (nSPS) is 26.4. The van der Waals surface area contributed by atoms with Crippen molar-refractivity contribution in [3.8, 4) is 0 Å². The Hall–Kier alpha value is -1.35. The molecule has 0 saturated carbocycles. The molecule has 1 aliphatic carbocycles. The van der Waals surface area contributed by atoms with Gasteiger partial charge in [0.1, 0.15) is 0 Å². The molecule has 0 aromatic heterocycles. The maximum atomic E-state index is 12.4. The summed E-state index contributed by atoms with van der Waals surface area (Å²) in [5.74, 6) is 0.600. The van der Waals surface area contributed by atoms with Gasteiger partial charge in [0, 0.05) is 19.7 Å². The molecule has 1 N–H and O–H groups in total. The first kappa shape index (κ1) is 11.7. The van der Waals surface area contributed by atoms with Gasteiger partial charge in [0.05, 0.1) is 5.92 Å². The van der Waals surface area contributed by atoms with Crippen LogP contribution < -0.4 is 0 Å². The van der Waals surface area contributed by atoms with Crippen LogP contribution in [-0.2, 0) is 11.2 Å². The second-order valence-corrected chi connectivity index (χ2v) is 5.43. The Morgan fingerprint density at radius 2 is 2.22 bits per heavy atom. The molecule has 1 aliphatic heterocycles. The summed E-state index contributed by atoms with van der Waals surface area (Å²) in [5.41, 5.74) is 2.51. The van der Waals surface area contributed by atoms with Crippen LogP contribution in [0.1, 0.15) is 29.9 Å². The lowest BCUT2D eigenvalue weighted by Crippen LogP contribution is -2.45. The molecule has 2 atom stereocenters. The number of hydrogen-bond donors (Lipinski definition) is 1. The van der Waals surface area contributed by atoms with Crippen LogP contribution in [0.15, 0.2) is 24.3 Å². The smallest absolute Gasteiger partial charge is 0.230 e. The lowest BCUT2D eigenvalue weighted by Gasteiger charge is -2.38. The Kier molecular flexibility index (Phi) is 3.08. The van der Waals surface area contributed by atoms with Crippen molar-refractivity contribution in [1.82, 2.24) is 4.90 Å². The van der Waals surface area contributed by atoms with Crippen LogP contribution in [0.25, 0.3) is 0 Å². The third-order valence-corrected chi connectivity index (χ3v) is 4.24. The van der Waals surface area contributed by atoms with Gasteiger partial charge in [-0.15, -0.1) is 0 Å². The molecule has 0 spiro atoms. The molecule has 1 saturated heterocycles. The fourth-order valence-corrected chi connectivity index (χ4v) is 3.11. The Morgan fingerprint density at radius 1 is 1.39 bits per heavy atom. The molecule has 3 rings (SSSR count). The predicted molar refractivity (Wildman–Crippen MR) is 69.3 cm³/mol. The second kappa shape index (κ2) is 4.73. The summed E-state index contributed by atoms with van der Waals surface area (Å²) in [6, 6.07) is 8.20. The van der Waals surface area contributed by atoms with Crippen molar-refractivity contribution < 1.29 is 9.90 Å². The molecule has 18 heavy (non-hydrogen) atoms. The van der Waals surface area contributed by atoms with Crippen molar-refractivity contribution >= 4 is 5.91 Å². The Balaban J connectivity index is 1.69. The number of piperidine rings is 1. The zero-order valence-electron chi connectivity index (χ0n) is 10.5. The molecule has 2 aliphatic rings. The molecule has 3 heteroatoms. The Labute approximate surface area is 107 Å². The van der Waals surface area contributed by atoms with Gasteiger partial charge in [0.15, 0.2) is 0 Å². The van der Waals surface area contributed by atoms with E-state index in [2.05, 4.69) is 12.1 Å². The highest BCUT2D eigenvalue weighted by Crippen LogP contribution is 2.36. The van der Waals surface area contributed by atoms with Crippen LogP contribution in [0.3, 0.4) is 0 Å². The van der Waals surface area contributed by atoms with E-state index < -0.39 is 0 Å². The van der Waals surface area contributed by atoms with Crippen molar-refractivity contribution in [3.05, 3.63) is 35.4 Å². The monoisotopic (exact) mass is 245 g/mol. The highest BCUT2D eigenvalue weighted by Gasteiger charge is 2.36. The van der Waals surface area contributed by atoms with Gasteiger partial charge in [0.25, 0.3) is 0 Å². The number of nitrogens with zero attached hydrogens (tertiary/aromatic N) is 1. The largest absolute Gasteiger partial charge is 0.396 e. The Morgan fingerprint density at radius 3 is 3.00 bits per heavy atom. The van der Waals surface area contributed by atoms with Gasteiger partial charge < -0.3 is 10.0 Å². The highest BCUT2D eigenvalue weighted by molar-refractivity contribution is 5.87. The average molecular weight is 245 g/mol. The number of fused-ring (bicyclic) bond motifs is 1. The van der Waals surface area contributed by atoms with Gasteiger partial charge in [-0.05, 0) is 36.3 Å². The first-order valence-corrected chi connectivity index (χ1v) is 6.77. The van der Waals surface area contributed by atoms with E-state index in [0.29, 0.717) is 0 Å². The summed E-state index contributed by atoms with van der Waals surface area (Å²) in [4.78, 5) is 14.4. The quantitative estimate of drug-likeness (QED) is 0.859. The molecule has 3 nitrogen and oxygen atoms in total. The van der Waals surface area contributed by atoms with E-state index in [1.54, 1.807) is 0 Å². The standard InChI is InChI=1S/C15H19NO2/c17-10-11-4-3-7-16(9-11)15(18)14-8-12-5-1-2-6-13(12)14/h1-2,5-6,11,14,17H,3-4,7-10H2. The maximum Gasteiger partial charge on any atom is 0.230 e. The summed E-state index contributed by atoms with van der Waals surface area (Å²) >= 11 is 0. The van der Waals surface area contributed by atoms with Crippen LogP contribution in [-0.4, -0.2) is 35.6 Å². The summed E-state index contributed by atoms with van der Waals surface area (Å²) in [6.07, 6.45) is 2.95. The first-order chi connectivity index (χ1) is 8.79. The number of benzene rings is 1. The van der Waals surface area contributed by atoms with Crippen molar-refractivity contribution in [3.63, 3.8) is 0 Å². The number of aliphatic hydroxyl groups is 1. The molecule has 0 radical (unpaired) electrons. The zero-order valence-corrected chi connectivity index (χ0v) is 10.5. The molecule has 1 fully saturated rings. The van der Waals surface area contributed by atoms with Gasteiger partial charge in [-0.1, -0.05) is 24.3 Å². The SMILES string of the molecule is O=C(C1Cc2ccccc21)N1CCCC(CO)C1. The van der Waals surface area contributed by atoms with E-state index in [0.717, 1.165) is 32.4 Å². The third-order valence-electron chi connectivity index (χ3n) is 4.24. The average Bonchev–Trinajstić information content (AvgIpc) is 2.40. The molecular formula is C15H19NO2. The topological polar surface area (TPSA) is 40.5 Å². The van der Waals surface area contributed by atoms with E-state index >= 15 is 0 Å². The summed E-state index contributed by atoms with van der Waals surface area (Å²) in [6.45, 7) is 1.78. The molecule has 0 bridgehead atoms. The first-order valence-electron chi connectivity index (χ1n) is 6.77. The Bertz CT molecular complexity index is 458. The van der Waals surface area contributed by atoms with Crippen LogP contribution in [0.4, 0.5) is 0 Å². The van der Waals surface area contributed by atoms with E-state index in [9.17, 15) is 9.90 Å². The van der Waals surface area contributed by atoms with Crippen molar-refractivity contribution in [2.45, 2.75) is 25.2 Å². The second-order valence-electron chi connectivity index (χ2n) is 5.43. The van der Waals surface area contributed by atoms with Crippen molar-refractivity contribution in [1.29, 1.82) is 0 Å². The summed E-state index contributed by atoms with van der Waals surface area (Å²) in [5, 5.41) is 9.22. The molecule has 1 aromatic rings. The van der Waals surface area contributed by atoms with E-state index in [4.69, 9.17) is 0 Å². The van der Waals surface area contributed by atoms with E-state index in [1.807, 2.05) is 17.0 Å². The summed E-state index contributed by atoms with van der Waals surface area (Å²) in [7, 11) is 0. The van der Waals surface area contributed by atoms with Crippen LogP contribution >= 0.6 is 0 Å². The van der Waals surface area contributed by atoms with Crippen LogP contribution in [0.2, 0.25) is 0 Å². The number of carbonyl (C=O) groups is 1. The molecule has 1 heterocycles. The number of aliphatic hydroxyl groups excluding tert-OH is 1. The van der Waals surface area contributed by atoms with Gasteiger partial charge in [-0.2, -0.15) is 0 Å². The highest BCUT2D eigenvalue weighted by atomic mass is 16.3. The molecule has 96 valence electrons. The summed E-state index contributed by atoms with van der Waals surface area (Å²) < 4.78 is 0. The number of likely N-dealkylation sites (tertiary alicyclic amines) is 1. The molecule has 2 unspecified atom stereocenters. The third kappa shape index (κ3) is 1.93. The number of rotatable bonds is 2. The number of amides is 1. The molecular weight excluding hydrogens is 226 g/mol. The fourth-order valence-electron chi connectivity index (χ4n) is 3.11. The van der Waals surface area contributed by atoms with Crippen molar-refractivity contribution in [2.75, 3.05) is 19.7 Å². The minimum Gasteiger partial charge on any atom is -0.396 e. The molecule has 1 amide bonds. The lowest BCUT2D eigenvalue weighted by atomic mass is 9.76. The van der Waals surface area contributed by atoms with Gasteiger partial charge in [-0.25, -0.2) is 0 Å². The fraction of sp³-hybridized carbons (Fsp3) is 0.533. The zero-order chi connectivity index (χ0) is 12.5. The van der Waals surface area contributed by atoms with E-state index in [-0.39, 0.29) is 24.3 Å². The van der Waals surface area contributed by atoms with Gasteiger partial charge >= 0.3 is 0 Å². The predicted octanol–water partition coefficient (Wildman–Crippen LogP) is 1.56. The van der Waals surface area contributed by atoms with Gasteiger partial charge in [0.2, 0.25) is 5.91 Å². The van der Waals surface area contributed by atoms with Crippen molar-refractivity contribution in [2.24, 2.45) is 5.92 Å². The molecule has 1 aromatic carbocycles. The minimum absolute atomic E-state index is 0.0682.